The van der Waals surface area contributed by atoms with Gasteiger partial charge in [0.05, 0.1) is 0 Å². The predicted molar refractivity (Wildman–Crippen MR) is 108 cm³/mol. The molecular weight excluding hydrogens is 288 g/mol. The second-order valence-electron chi connectivity index (χ2n) is 6.27. The van der Waals surface area contributed by atoms with E-state index in [9.17, 15) is 0 Å². The van der Waals surface area contributed by atoms with Crippen molar-refractivity contribution in [3.8, 4) is 0 Å². The summed E-state index contributed by atoms with van der Waals surface area (Å²) in [6, 6.07) is 17.4. The summed E-state index contributed by atoms with van der Waals surface area (Å²) in [7, 11) is 0. The lowest BCUT2D eigenvalue weighted by Crippen LogP contribution is -1.93. The van der Waals surface area contributed by atoms with E-state index in [-0.39, 0.29) is 0 Å². The number of fused-ring (bicyclic) bond motifs is 3. The first-order valence-corrected chi connectivity index (χ1v) is 8.54. The highest BCUT2D eigenvalue weighted by Gasteiger charge is 2.09. The van der Waals surface area contributed by atoms with Crippen molar-refractivity contribution in [2.45, 2.75) is 20.8 Å². The molecule has 3 aromatic carbocycles. The van der Waals surface area contributed by atoms with Crippen LogP contribution in [0.4, 0.5) is 0 Å². The Bertz CT molecular complexity index is 954. The minimum atomic E-state index is 0.358. The molecule has 0 fully saturated rings. The van der Waals surface area contributed by atoms with Gasteiger partial charge in [-0.2, -0.15) is 0 Å². The van der Waals surface area contributed by atoms with Gasteiger partial charge in [0.15, 0.2) is 0 Å². The van der Waals surface area contributed by atoms with Gasteiger partial charge in [-0.1, -0.05) is 86.3 Å². The topological polar surface area (TPSA) is 0 Å². The van der Waals surface area contributed by atoms with E-state index < -0.39 is 0 Å². The van der Waals surface area contributed by atoms with Crippen molar-refractivity contribution in [2.24, 2.45) is 5.92 Å². The fraction of sp³-hybridized carbons (Fsp3) is 0.167. The highest BCUT2D eigenvalue weighted by Crippen LogP contribution is 2.33. The van der Waals surface area contributed by atoms with Crippen LogP contribution in [0.1, 0.15) is 25.0 Å². The van der Waals surface area contributed by atoms with Gasteiger partial charge >= 0.3 is 0 Å². The molecule has 0 bridgehead atoms. The Balaban J connectivity index is 2.23. The van der Waals surface area contributed by atoms with Crippen molar-refractivity contribution in [2.75, 3.05) is 0 Å². The number of hydrogen-bond donors (Lipinski definition) is 0. The Morgan fingerprint density at radius 3 is 2.04 bits per heavy atom. The van der Waals surface area contributed by atoms with Gasteiger partial charge in [-0.3, -0.25) is 0 Å². The lowest BCUT2D eigenvalue weighted by molar-refractivity contribution is 0.894. The molecule has 24 heavy (non-hydrogen) atoms. The molecule has 0 aliphatic carbocycles. The van der Waals surface area contributed by atoms with Gasteiger partial charge in [0, 0.05) is 0 Å². The smallest absolute Gasteiger partial charge is 0.00106 e. The molecule has 1 atom stereocenters. The van der Waals surface area contributed by atoms with E-state index in [2.05, 4.69) is 94.1 Å². The summed E-state index contributed by atoms with van der Waals surface area (Å²) in [6.45, 7) is 10.4. The van der Waals surface area contributed by atoms with E-state index in [4.69, 9.17) is 0 Å². The summed E-state index contributed by atoms with van der Waals surface area (Å²) in [6.07, 6.45) is 8.63. The second-order valence-corrected chi connectivity index (χ2v) is 6.27. The third-order valence-electron chi connectivity index (χ3n) is 4.89. The van der Waals surface area contributed by atoms with Gasteiger partial charge in [0.1, 0.15) is 0 Å². The summed E-state index contributed by atoms with van der Waals surface area (Å²) in [4.78, 5) is 0. The van der Waals surface area contributed by atoms with Crippen LogP contribution in [-0.2, 0) is 0 Å². The molecule has 0 heteroatoms. The predicted octanol–water partition coefficient (Wildman–Crippen LogP) is 7.08. The molecule has 0 amide bonds. The maximum absolute atomic E-state index is 3.91. The van der Waals surface area contributed by atoms with Gasteiger partial charge in [-0.05, 0) is 58.0 Å². The zero-order valence-electron chi connectivity index (χ0n) is 14.7. The maximum atomic E-state index is 3.91. The molecule has 120 valence electrons. The third kappa shape index (κ3) is 2.80. The Labute approximate surface area is 144 Å². The van der Waals surface area contributed by atoms with Gasteiger partial charge in [-0.25, -0.2) is 0 Å². The van der Waals surface area contributed by atoms with Crippen molar-refractivity contribution < 1.29 is 0 Å². The molecule has 0 heterocycles. The van der Waals surface area contributed by atoms with Crippen LogP contribution in [0.5, 0.6) is 0 Å². The quantitative estimate of drug-likeness (QED) is 0.356. The number of rotatable bonds is 4. The van der Waals surface area contributed by atoms with Crippen molar-refractivity contribution >= 4 is 27.6 Å². The molecule has 1 unspecified atom stereocenters. The Morgan fingerprint density at radius 1 is 0.917 bits per heavy atom. The monoisotopic (exact) mass is 312 g/mol. The largest absolute Gasteiger partial charge is 0.0988 e. The highest BCUT2D eigenvalue weighted by molar-refractivity contribution is 6.12. The van der Waals surface area contributed by atoms with Crippen molar-refractivity contribution in [3.63, 3.8) is 0 Å². The molecule has 0 saturated heterocycles. The zero-order valence-corrected chi connectivity index (χ0v) is 14.7. The van der Waals surface area contributed by atoms with E-state index in [1.165, 1.54) is 38.2 Å². The summed E-state index contributed by atoms with van der Waals surface area (Å²) in [5.74, 6) is 0.358. The number of benzene rings is 3. The van der Waals surface area contributed by atoms with Gasteiger partial charge < -0.3 is 0 Å². The van der Waals surface area contributed by atoms with E-state index >= 15 is 0 Å². The molecule has 0 aliphatic rings. The molecule has 0 aromatic heterocycles. The molecule has 3 aromatic rings. The first-order chi connectivity index (χ1) is 11.7. The van der Waals surface area contributed by atoms with Crippen molar-refractivity contribution in [1.82, 2.24) is 0 Å². The normalized spacial score (nSPS) is 13.7. The number of aryl methyl sites for hydroxylation is 1. The van der Waals surface area contributed by atoms with Crippen molar-refractivity contribution in [1.29, 1.82) is 0 Å². The Morgan fingerprint density at radius 2 is 1.46 bits per heavy atom. The van der Waals surface area contributed by atoms with Crippen LogP contribution < -0.4 is 0 Å². The van der Waals surface area contributed by atoms with E-state index in [1.54, 1.807) is 0 Å². The summed E-state index contributed by atoms with van der Waals surface area (Å²) < 4.78 is 0. The molecule has 0 spiro atoms. The zero-order chi connectivity index (χ0) is 17.1. The minimum absolute atomic E-state index is 0.358. The van der Waals surface area contributed by atoms with Crippen LogP contribution in [0, 0.1) is 12.8 Å². The molecule has 0 N–H and O–H groups in total. The minimum Gasteiger partial charge on any atom is -0.0988 e. The second kappa shape index (κ2) is 6.88. The first kappa shape index (κ1) is 16.3. The molecule has 3 rings (SSSR count). The highest BCUT2D eigenvalue weighted by atomic mass is 14.1. The summed E-state index contributed by atoms with van der Waals surface area (Å²) >= 11 is 0. The summed E-state index contributed by atoms with van der Waals surface area (Å²) in [5.41, 5.74) is 3.91. The maximum Gasteiger partial charge on any atom is -0.00106 e. The molecule has 0 radical (unpaired) electrons. The van der Waals surface area contributed by atoms with Crippen LogP contribution in [0.25, 0.3) is 27.6 Å². The third-order valence-corrected chi connectivity index (χ3v) is 4.89. The van der Waals surface area contributed by atoms with Crippen LogP contribution in [0.2, 0.25) is 0 Å². The van der Waals surface area contributed by atoms with Crippen LogP contribution in [-0.4, -0.2) is 0 Å². The lowest BCUT2D eigenvalue weighted by atomic mass is 9.91. The van der Waals surface area contributed by atoms with Crippen LogP contribution in [0.3, 0.4) is 0 Å². The fourth-order valence-corrected chi connectivity index (χ4v) is 3.48. The standard InChI is InChI=1S/C24H24/c1-5-19(6-2)17(3)15-16-21-18(4)20-11-7-8-12-22(20)24-14-10-9-13-23(21)24/h5-17H,1H2,2-4H3. The molecule has 0 aliphatic heterocycles. The van der Waals surface area contributed by atoms with Crippen LogP contribution in [0.15, 0.2) is 78.9 Å². The van der Waals surface area contributed by atoms with E-state index in [0.717, 1.165) is 0 Å². The van der Waals surface area contributed by atoms with Gasteiger partial charge in [0.2, 0.25) is 0 Å². The average molecular weight is 312 g/mol. The Kier molecular flexibility index (Phi) is 4.66. The molecule has 0 saturated carbocycles. The molecule has 0 nitrogen and oxygen atoms in total. The lowest BCUT2D eigenvalue weighted by Gasteiger charge is -2.13. The van der Waals surface area contributed by atoms with E-state index in [1.807, 2.05) is 6.08 Å². The summed E-state index contributed by atoms with van der Waals surface area (Å²) in [5, 5.41) is 5.30. The van der Waals surface area contributed by atoms with Gasteiger partial charge in [0.25, 0.3) is 0 Å². The number of allylic oxidation sites excluding steroid dienone is 4. The number of hydrogen-bond acceptors (Lipinski definition) is 0. The van der Waals surface area contributed by atoms with Gasteiger partial charge in [-0.15, -0.1) is 0 Å². The SMILES string of the molecule is C=CC(=CC)C(C)C=Cc1c(C)c2ccccc2c2ccccc12. The fourth-order valence-electron chi connectivity index (χ4n) is 3.48. The van der Waals surface area contributed by atoms with E-state index in [0.29, 0.717) is 5.92 Å². The Hall–Kier alpha value is -2.60. The van der Waals surface area contributed by atoms with Crippen molar-refractivity contribution in [3.05, 3.63) is 90.0 Å². The average Bonchev–Trinajstić information content (AvgIpc) is 2.63. The first-order valence-electron chi connectivity index (χ1n) is 8.54. The van der Waals surface area contributed by atoms with Crippen LogP contribution >= 0.6 is 0 Å². The molecular formula is C24H24.